The van der Waals surface area contributed by atoms with Crippen LogP contribution in [-0.4, -0.2) is 38.3 Å². The van der Waals surface area contributed by atoms with Crippen LogP contribution in [0.1, 0.15) is 21.6 Å². The van der Waals surface area contributed by atoms with Gasteiger partial charge in [-0.25, -0.2) is 4.98 Å². The smallest absolute Gasteiger partial charge is 0.190 e. The Hall–Kier alpha value is -3.10. The number of rotatable bonds is 3. The molecule has 1 aliphatic heterocycles. The molecule has 3 aromatic heterocycles. The van der Waals surface area contributed by atoms with Gasteiger partial charge in [-0.2, -0.15) is 4.68 Å². The van der Waals surface area contributed by atoms with Gasteiger partial charge in [-0.1, -0.05) is 6.07 Å². The highest BCUT2D eigenvalue weighted by atomic mass is 32.1. The first-order valence-corrected chi connectivity index (χ1v) is 10.9. The third kappa shape index (κ3) is 3.38. The number of aromatic nitrogens is 5. The van der Waals surface area contributed by atoms with E-state index in [0.29, 0.717) is 11.6 Å². The lowest BCUT2D eigenvalue weighted by Gasteiger charge is -2.09. The van der Waals surface area contributed by atoms with Crippen LogP contribution in [0, 0.1) is 13.8 Å². The van der Waals surface area contributed by atoms with E-state index >= 15 is 0 Å². The van der Waals surface area contributed by atoms with Gasteiger partial charge in [-0.15, -0.1) is 16.4 Å². The monoisotopic (exact) mass is 417 g/mol. The van der Waals surface area contributed by atoms with E-state index in [0.717, 1.165) is 42.7 Å². The summed E-state index contributed by atoms with van der Waals surface area (Å²) >= 11 is 1.84. The number of anilines is 1. The fourth-order valence-electron chi connectivity index (χ4n) is 3.76. The molecule has 5 rings (SSSR count). The van der Waals surface area contributed by atoms with Gasteiger partial charge in [0, 0.05) is 21.5 Å². The van der Waals surface area contributed by atoms with Crippen LogP contribution in [0.15, 0.2) is 36.5 Å². The van der Waals surface area contributed by atoms with E-state index in [1.54, 1.807) is 4.68 Å². The molecular weight excluding hydrogens is 394 g/mol. The molecule has 8 heteroatoms. The maximum absolute atomic E-state index is 6.25. The minimum Gasteiger partial charge on any atom is -0.383 e. The predicted octanol–water partition coefficient (Wildman–Crippen LogP) is 3.34. The molecular formula is C22H23N7S. The summed E-state index contributed by atoms with van der Waals surface area (Å²) in [4.78, 5) is 7.13. The SMILES string of the molecule is Cc1ccc(-n2nnnc2-c2cc(-c3cc4c(s3)CCNCC4)cnc2N)cc1C. The van der Waals surface area contributed by atoms with E-state index in [2.05, 4.69) is 63.9 Å². The average Bonchev–Trinajstić information content (AvgIpc) is 3.33. The molecule has 0 saturated heterocycles. The fourth-order valence-corrected chi connectivity index (χ4v) is 4.95. The average molecular weight is 418 g/mol. The lowest BCUT2D eigenvalue weighted by atomic mass is 10.1. The molecule has 30 heavy (non-hydrogen) atoms. The van der Waals surface area contributed by atoms with E-state index in [9.17, 15) is 0 Å². The number of nitrogens with two attached hydrogens (primary N) is 1. The molecule has 0 saturated carbocycles. The van der Waals surface area contributed by atoms with Crippen molar-refractivity contribution in [1.82, 2.24) is 30.5 Å². The van der Waals surface area contributed by atoms with Crippen LogP contribution in [0.25, 0.3) is 27.5 Å². The number of tetrazole rings is 1. The van der Waals surface area contributed by atoms with Gasteiger partial charge in [0.2, 0.25) is 0 Å². The Morgan fingerprint density at radius 2 is 1.93 bits per heavy atom. The van der Waals surface area contributed by atoms with E-state index in [4.69, 9.17) is 5.73 Å². The van der Waals surface area contributed by atoms with Crippen molar-refractivity contribution in [2.75, 3.05) is 18.8 Å². The highest BCUT2D eigenvalue weighted by Crippen LogP contribution is 2.35. The zero-order valence-corrected chi connectivity index (χ0v) is 17.8. The highest BCUT2D eigenvalue weighted by Gasteiger charge is 2.18. The quantitative estimate of drug-likeness (QED) is 0.531. The Morgan fingerprint density at radius 3 is 2.80 bits per heavy atom. The largest absolute Gasteiger partial charge is 0.383 e. The number of aryl methyl sites for hydroxylation is 2. The highest BCUT2D eigenvalue weighted by molar-refractivity contribution is 7.15. The van der Waals surface area contributed by atoms with E-state index in [-0.39, 0.29) is 0 Å². The molecule has 0 spiro atoms. The number of thiophene rings is 1. The minimum absolute atomic E-state index is 0.418. The summed E-state index contributed by atoms with van der Waals surface area (Å²) < 4.78 is 1.72. The third-order valence-corrected chi connectivity index (χ3v) is 6.93. The summed E-state index contributed by atoms with van der Waals surface area (Å²) in [7, 11) is 0. The molecule has 0 atom stereocenters. The summed E-state index contributed by atoms with van der Waals surface area (Å²) in [5, 5.41) is 15.8. The van der Waals surface area contributed by atoms with Crippen LogP contribution >= 0.6 is 11.3 Å². The van der Waals surface area contributed by atoms with Crippen molar-refractivity contribution in [3.63, 3.8) is 0 Å². The normalized spacial score (nSPS) is 13.8. The maximum Gasteiger partial charge on any atom is 0.190 e. The van der Waals surface area contributed by atoms with Gasteiger partial charge in [-0.3, -0.25) is 0 Å². The molecule has 0 radical (unpaired) electrons. The number of benzene rings is 1. The Labute approximate surface area is 179 Å². The third-order valence-electron chi connectivity index (χ3n) is 5.65. The Bertz CT molecular complexity index is 1200. The molecule has 0 fully saturated rings. The van der Waals surface area contributed by atoms with Crippen molar-refractivity contribution in [3.8, 4) is 27.5 Å². The van der Waals surface area contributed by atoms with E-state index in [1.165, 1.54) is 26.4 Å². The molecule has 152 valence electrons. The summed E-state index contributed by atoms with van der Waals surface area (Å²) in [6.07, 6.45) is 3.97. The van der Waals surface area contributed by atoms with Gasteiger partial charge in [0.05, 0.1) is 11.3 Å². The number of pyridine rings is 1. The topological polar surface area (TPSA) is 94.5 Å². The molecule has 4 heterocycles. The van der Waals surface area contributed by atoms with Crippen LogP contribution in [-0.2, 0) is 12.8 Å². The van der Waals surface area contributed by atoms with Crippen molar-refractivity contribution in [1.29, 1.82) is 0 Å². The van der Waals surface area contributed by atoms with Gasteiger partial charge in [0.15, 0.2) is 5.82 Å². The van der Waals surface area contributed by atoms with Crippen LogP contribution in [0.2, 0.25) is 0 Å². The standard InChI is InChI=1S/C22H23N7S/c1-13-3-4-17(9-14(13)2)29-22(26-27-28-29)18-10-16(12-25-21(18)23)20-11-15-5-7-24-8-6-19(15)30-20/h3-4,9-12,24H,5-8H2,1-2H3,(H2,23,25). The molecule has 1 aromatic carbocycles. The van der Waals surface area contributed by atoms with Gasteiger partial charge >= 0.3 is 0 Å². The Balaban J connectivity index is 1.57. The van der Waals surface area contributed by atoms with Crippen molar-refractivity contribution < 1.29 is 0 Å². The van der Waals surface area contributed by atoms with Crippen molar-refractivity contribution in [2.24, 2.45) is 0 Å². The molecule has 0 unspecified atom stereocenters. The zero-order chi connectivity index (χ0) is 20.7. The maximum atomic E-state index is 6.25. The first kappa shape index (κ1) is 18.9. The van der Waals surface area contributed by atoms with Gasteiger partial charge in [0.25, 0.3) is 0 Å². The number of nitrogens with zero attached hydrogens (tertiary/aromatic N) is 5. The Kier molecular flexibility index (Phi) is 4.80. The summed E-state index contributed by atoms with van der Waals surface area (Å²) in [6.45, 7) is 6.22. The number of hydrogen-bond acceptors (Lipinski definition) is 7. The number of fused-ring (bicyclic) bond motifs is 1. The van der Waals surface area contributed by atoms with Gasteiger partial charge < -0.3 is 11.1 Å². The first-order valence-electron chi connectivity index (χ1n) is 10.0. The minimum atomic E-state index is 0.418. The molecule has 1 aliphatic rings. The van der Waals surface area contributed by atoms with Crippen molar-refractivity contribution >= 4 is 17.2 Å². The molecule has 0 aliphatic carbocycles. The second kappa shape index (κ2) is 7.62. The molecule has 4 aromatic rings. The molecule has 7 nitrogen and oxygen atoms in total. The van der Waals surface area contributed by atoms with E-state index in [1.807, 2.05) is 23.6 Å². The second-order valence-corrected chi connectivity index (χ2v) is 8.79. The zero-order valence-electron chi connectivity index (χ0n) is 17.0. The summed E-state index contributed by atoms with van der Waals surface area (Å²) in [5.41, 5.74) is 12.8. The molecule has 3 N–H and O–H groups in total. The number of nitrogens with one attached hydrogen (secondary N) is 1. The molecule has 0 bridgehead atoms. The van der Waals surface area contributed by atoms with Crippen LogP contribution < -0.4 is 11.1 Å². The molecule has 0 amide bonds. The number of nitrogen functional groups attached to an aromatic ring is 1. The van der Waals surface area contributed by atoms with Crippen molar-refractivity contribution in [3.05, 3.63) is 58.1 Å². The van der Waals surface area contributed by atoms with Gasteiger partial charge in [-0.05, 0) is 91.2 Å². The lowest BCUT2D eigenvalue weighted by Crippen LogP contribution is -2.16. The van der Waals surface area contributed by atoms with Crippen molar-refractivity contribution in [2.45, 2.75) is 26.7 Å². The van der Waals surface area contributed by atoms with Crippen LogP contribution in [0.5, 0.6) is 0 Å². The summed E-state index contributed by atoms with van der Waals surface area (Å²) in [5.74, 6) is 1.01. The predicted molar refractivity (Wildman–Crippen MR) is 120 cm³/mol. The second-order valence-electron chi connectivity index (χ2n) is 7.65. The lowest BCUT2D eigenvalue weighted by molar-refractivity contribution is 0.712. The summed E-state index contributed by atoms with van der Waals surface area (Å²) in [6, 6.07) is 10.5. The Morgan fingerprint density at radius 1 is 1.07 bits per heavy atom. The van der Waals surface area contributed by atoms with E-state index < -0.39 is 0 Å². The van der Waals surface area contributed by atoms with Crippen LogP contribution in [0.4, 0.5) is 5.82 Å². The van der Waals surface area contributed by atoms with Crippen LogP contribution in [0.3, 0.4) is 0 Å². The van der Waals surface area contributed by atoms with Gasteiger partial charge in [0.1, 0.15) is 5.82 Å². The first-order chi connectivity index (χ1) is 14.6. The number of hydrogen-bond donors (Lipinski definition) is 2. The fraction of sp³-hybridized carbons (Fsp3) is 0.273.